The number of fused-ring (bicyclic) bond motifs is 1. The SMILES string of the molecule is CNc1ncc(CN(C)C(=O)[C@H]2COc3ccc(OC)cc3C2)cn1. The largest absolute Gasteiger partial charge is 0.497 e. The van der Waals surface area contributed by atoms with Gasteiger partial charge in [-0.15, -0.1) is 0 Å². The lowest BCUT2D eigenvalue weighted by atomic mass is 9.95. The Balaban J connectivity index is 1.65. The van der Waals surface area contributed by atoms with Crippen molar-refractivity contribution in [2.24, 2.45) is 5.92 Å². The zero-order valence-corrected chi connectivity index (χ0v) is 14.7. The molecule has 7 nitrogen and oxygen atoms in total. The summed E-state index contributed by atoms with van der Waals surface area (Å²) in [4.78, 5) is 22.8. The Labute approximate surface area is 147 Å². The molecular weight excluding hydrogens is 320 g/mol. The third kappa shape index (κ3) is 3.81. The zero-order valence-electron chi connectivity index (χ0n) is 14.7. The number of aromatic nitrogens is 2. The van der Waals surface area contributed by atoms with Crippen molar-refractivity contribution < 1.29 is 14.3 Å². The number of hydrogen-bond acceptors (Lipinski definition) is 6. The number of anilines is 1. The molecule has 25 heavy (non-hydrogen) atoms. The normalized spacial score (nSPS) is 15.7. The average molecular weight is 342 g/mol. The molecule has 1 amide bonds. The van der Waals surface area contributed by atoms with E-state index in [4.69, 9.17) is 9.47 Å². The predicted molar refractivity (Wildman–Crippen MR) is 93.7 cm³/mol. The van der Waals surface area contributed by atoms with Gasteiger partial charge in [-0.1, -0.05) is 0 Å². The summed E-state index contributed by atoms with van der Waals surface area (Å²) < 4.78 is 11.0. The quantitative estimate of drug-likeness (QED) is 0.892. The first-order valence-electron chi connectivity index (χ1n) is 8.14. The monoisotopic (exact) mass is 342 g/mol. The third-order valence-corrected chi connectivity index (χ3v) is 4.25. The molecule has 0 saturated carbocycles. The summed E-state index contributed by atoms with van der Waals surface area (Å²) >= 11 is 0. The molecule has 3 rings (SSSR count). The molecule has 1 aromatic carbocycles. The van der Waals surface area contributed by atoms with Gasteiger partial charge in [0.05, 0.1) is 13.0 Å². The Morgan fingerprint density at radius 2 is 2.16 bits per heavy atom. The fourth-order valence-electron chi connectivity index (χ4n) is 2.89. The van der Waals surface area contributed by atoms with Crippen LogP contribution in [-0.4, -0.2) is 48.6 Å². The minimum Gasteiger partial charge on any atom is -0.497 e. The molecule has 1 aliphatic rings. The molecule has 1 aromatic heterocycles. The summed E-state index contributed by atoms with van der Waals surface area (Å²) in [7, 11) is 5.18. The zero-order chi connectivity index (χ0) is 17.8. The van der Waals surface area contributed by atoms with Crippen molar-refractivity contribution in [1.82, 2.24) is 14.9 Å². The van der Waals surface area contributed by atoms with Gasteiger partial charge in [-0.2, -0.15) is 0 Å². The van der Waals surface area contributed by atoms with Crippen molar-refractivity contribution in [3.05, 3.63) is 41.7 Å². The van der Waals surface area contributed by atoms with Crippen LogP contribution in [0.5, 0.6) is 11.5 Å². The number of methoxy groups -OCH3 is 1. The predicted octanol–water partition coefficient (Wildman–Crippen LogP) is 1.74. The molecule has 0 spiro atoms. The second-order valence-electron chi connectivity index (χ2n) is 6.04. The van der Waals surface area contributed by atoms with Crippen LogP contribution in [0.1, 0.15) is 11.1 Å². The summed E-state index contributed by atoms with van der Waals surface area (Å²) in [6.45, 7) is 0.849. The first kappa shape index (κ1) is 17.0. The number of ether oxygens (including phenoxy) is 2. The number of rotatable bonds is 5. The average Bonchev–Trinajstić information content (AvgIpc) is 2.67. The maximum absolute atomic E-state index is 12.8. The maximum Gasteiger partial charge on any atom is 0.229 e. The van der Waals surface area contributed by atoms with Crippen molar-refractivity contribution in [3.8, 4) is 11.5 Å². The molecule has 132 valence electrons. The van der Waals surface area contributed by atoms with Crippen LogP contribution in [0.25, 0.3) is 0 Å². The molecule has 2 heterocycles. The van der Waals surface area contributed by atoms with Crippen LogP contribution in [0.15, 0.2) is 30.6 Å². The first-order valence-corrected chi connectivity index (χ1v) is 8.14. The fourth-order valence-corrected chi connectivity index (χ4v) is 2.89. The van der Waals surface area contributed by atoms with Crippen LogP contribution in [0.2, 0.25) is 0 Å². The van der Waals surface area contributed by atoms with Crippen LogP contribution in [0.3, 0.4) is 0 Å². The van der Waals surface area contributed by atoms with Gasteiger partial charge in [0.25, 0.3) is 0 Å². The molecule has 1 aliphatic heterocycles. The Morgan fingerprint density at radius 3 is 2.84 bits per heavy atom. The van der Waals surface area contributed by atoms with E-state index in [-0.39, 0.29) is 11.8 Å². The first-order chi connectivity index (χ1) is 12.1. The van der Waals surface area contributed by atoms with E-state index in [0.717, 1.165) is 22.6 Å². The smallest absolute Gasteiger partial charge is 0.229 e. The van der Waals surface area contributed by atoms with Crippen LogP contribution in [-0.2, 0) is 17.8 Å². The topological polar surface area (TPSA) is 76.6 Å². The second kappa shape index (κ2) is 7.38. The molecule has 1 atom stereocenters. The highest BCUT2D eigenvalue weighted by Gasteiger charge is 2.28. The van der Waals surface area contributed by atoms with Gasteiger partial charge in [-0.05, 0) is 30.2 Å². The number of nitrogens with one attached hydrogen (secondary N) is 1. The second-order valence-corrected chi connectivity index (χ2v) is 6.04. The van der Waals surface area contributed by atoms with E-state index in [0.29, 0.717) is 25.5 Å². The lowest BCUT2D eigenvalue weighted by molar-refractivity contribution is -0.136. The van der Waals surface area contributed by atoms with Crippen LogP contribution < -0.4 is 14.8 Å². The van der Waals surface area contributed by atoms with Gasteiger partial charge in [0.15, 0.2) is 0 Å². The van der Waals surface area contributed by atoms with E-state index < -0.39 is 0 Å². The van der Waals surface area contributed by atoms with Gasteiger partial charge >= 0.3 is 0 Å². The summed E-state index contributed by atoms with van der Waals surface area (Å²) in [6.07, 6.45) is 4.09. The highest BCUT2D eigenvalue weighted by Crippen LogP contribution is 2.31. The van der Waals surface area contributed by atoms with Gasteiger partial charge in [0.1, 0.15) is 18.1 Å². The maximum atomic E-state index is 12.8. The summed E-state index contributed by atoms with van der Waals surface area (Å²) in [6, 6.07) is 5.68. The Morgan fingerprint density at radius 1 is 1.40 bits per heavy atom. The molecule has 0 unspecified atom stereocenters. The highest BCUT2D eigenvalue weighted by atomic mass is 16.5. The minimum atomic E-state index is -0.206. The minimum absolute atomic E-state index is 0.0474. The fraction of sp³-hybridized carbons (Fsp3) is 0.389. The lowest BCUT2D eigenvalue weighted by Crippen LogP contribution is -2.38. The van der Waals surface area contributed by atoms with Crippen molar-refractivity contribution in [2.75, 3.05) is 33.1 Å². The van der Waals surface area contributed by atoms with E-state index in [9.17, 15) is 4.79 Å². The number of carbonyl (C=O) groups is 1. The lowest BCUT2D eigenvalue weighted by Gasteiger charge is -2.28. The van der Waals surface area contributed by atoms with E-state index in [1.54, 1.807) is 38.5 Å². The Hall–Kier alpha value is -2.83. The molecule has 0 saturated heterocycles. The molecule has 7 heteroatoms. The van der Waals surface area contributed by atoms with Gasteiger partial charge in [0.2, 0.25) is 11.9 Å². The molecule has 0 fully saturated rings. The summed E-state index contributed by atoms with van der Waals surface area (Å²) in [5, 5.41) is 2.87. The molecule has 2 aromatic rings. The van der Waals surface area contributed by atoms with Crippen LogP contribution in [0, 0.1) is 5.92 Å². The molecular formula is C18H22N4O3. The van der Waals surface area contributed by atoms with Crippen LogP contribution in [0.4, 0.5) is 5.95 Å². The van der Waals surface area contributed by atoms with Crippen molar-refractivity contribution in [3.63, 3.8) is 0 Å². The van der Waals surface area contributed by atoms with Gasteiger partial charge in [-0.25, -0.2) is 9.97 Å². The van der Waals surface area contributed by atoms with Gasteiger partial charge < -0.3 is 19.7 Å². The standard InChI is InChI=1S/C18H22N4O3/c1-19-18-20-8-12(9-21-18)10-22(2)17(23)14-6-13-7-15(24-3)4-5-16(13)25-11-14/h4-5,7-9,14H,6,10-11H2,1-3H3,(H,19,20,21)/t14-/m1/s1. The number of amides is 1. The number of carbonyl (C=O) groups excluding carboxylic acids is 1. The van der Waals surface area contributed by atoms with E-state index in [2.05, 4.69) is 15.3 Å². The molecule has 0 radical (unpaired) electrons. The van der Waals surface area contributed by atoms with Crippen molar-refractivity contribution in [2.45, 2.75) is 13.0 Å². The van der Waals surface area contributed by atoms with Crippen LogP contribution >= 0.6 is 0 Å². The van der Waals surface area contributed by atoms with E-state index in [1.165, 1.54) is 0 Å². The molecule has 0 aliphatic carbocycles. The van der Waals surface area contributed by atoms with Gasteiger partial charge in [0, 0.05) is 38.6 Å². The highest BCUT2D eigenvalue weighted by molar-refractivity contribution is 5.79. The van der Waals surface area contributed by atoms with Gasteiger partial charge in [-0.3, -0.25) is 4.79 Å². The van der Waals surface area contributed by atoms with Crippen molar-refractivity contribution >= 4 is 11.9 Å². The number of benzene rings is 1. The number of hydrogen-bond donors (Lipinski definition) is 1. The Kier molecular flexibility index (Phi) is 5.02. The van der Waals surface area contributed by atoms with E-state index >= 15 is 0 Å². The summed E-state index contributed by atoms with van der Waals surface area (Å²) in [5.74, 6) is 1.99. The molecule has 1 N–H and O–H groups in total. The third-order valence-electron chi connectivity index (χ3n) is 4.25. The van der Waals surface area contributed by atoms with Crippen molar-refractivity contribution in [1.29, 1.82) is 0 Å². The molecule has 0 bridgehead atoms. The summed E-state index contributed by atoms with van der Waals surface area (Å²) in [5.41, 5.74) is 1.88. The Bertz CT molecular complexity index is 748. The number of nitrogens with zero attached hydrogens (tertiary/aromatic N) is 3. The van der Waals surface area contributed by atoms with E-state index in [1.807, 2.05) is 18.2 Å².